The van der Waals surface area contributed by atoms with E-state index < -0.39 is 0 Å². The van der Waals surface area contributed by atoms with Gasteiger partial charge in [0, 0.05) is 24.7 Å². The largest absolute Gasteiger partial charge is 0.338 e. The molecule has 1 fully saturated rings. The van der Waals surface area contributed by atoms with Crippen molar-refractivity contribution in [2.75, 3.05) is 13.1 Å². The first-order valence-electron chi connectivity index (χ1n) is 9.75. The molecule has 0 radical (unpaired) electrons. The minimum Gasteiger partial charge on any atom is -0.338 e. The van der Waals surface area contributed by atoms with E-state index in [0.29, 0.717) is 6.04 Å². The lowest BCUT2D eigenvalue weighted by Crippen LogP contribution is -2.39. The number of hydrogen-bond donors (Lipinski definition) is 0. The maximum atomic E-state index is 12.9. The van der Waals surface area contributed by atoms with E-state index >= 15 is 0 Å². The molecule has 0 bridgehead atoms. The third-order valence-corrected chi connectivity index (χ3v) is 5.61. The highest BCUT2D eigenvalue weighted by Gasteiger charge is 2.26. The molecule has 4 rings (SSSR count). The molecule has 2 heterocycles. The Kier molecular flexibility index (Phi) is 4.50. The van der Waals surface area contributed by atoms with E-state index in [9.17, 15) is 4.79 Å². The third-order valence-electron chi connectivity index (χ3n) is 5.61. The molecular formula is C23H27N3O. The quantitative estimate of drug-likeness (QED) is 0.661. The zero-order chi connectivity index (χ0) is 19.1. The molecule has 0 N–H and O–H groups in total. The Morgan fingerprint density at radius 1 is 0.926 bits per heavy atom. The van der Waals surface area contributed by atoms with Crippen molar-refractivity contribution in [3.63, 3.8) is 0 Å². The Labute approximate surface area is 160 Å². The molecule has 0 aliphatic carbocycles. The molecule has 3 aromatic rings. The van der Waals surface area contributed by atoms with Crippen LogP contribution in [0.5, 0.6) is 0 Å². The molecule has 0 atom stereocenters. The van der Waals surface area contributed by atoms with Crippen molar-refractivity contribution >= 4 is 16.9 Å². The standard InChI is InChI=1S/C23H27N3O/c1-15-5-6-21-22(14-15)26(18(4)24-21)20-7-9-25(10-8-20)23(27)19-12-16(2)11-17(3)13-19/h5-6,11-14,20H,7-10H2,1-4H3. The number of aryl methyl sites for hydroxylation is 4. The second-order valence-electron chi connectivity index (χ2n) is 7.92. The molecule has 140 valence electrons. The maximum absolute atomic E-state index is 12.9. The summed E-state index contributed by atoms with van der Waals surface area (Å²) in [5, 5.41) is 0. The van der Waals surface area contributed by atoms with Gasteiger partial charge >= 0.3 is 0 Å². The van der Waals surface area contributed by atoms with Gasteiger partial charge in [0.25, 0.3) is 5.91 Å². The Morgan fingerprint density at radius 2 is 1.59 bits per heavy atom. The molecule has 4 heteroatoms. The number of aromatic nitrogens is 2. The van der Waals surface area contributed by atoms with Crippen LogP contribution >= 0.6 is 0 Å². The summed E-state index contributed by atoms with van der Waals surface area (Å²) >= 11 is 0. The van der Waals surface area contributed by atoms with Crippen LogP contribution in [0.1, 0.15) is 51.8 Å². The number of amides is 1. The second-order valence-corrected chi connectivity index (χ2v) is 7.92. The van der Waals surface area contributed by atoms with E-state index in [2.05, 4.69) is 42.7 Å². The fourth-order valence-electron chi connectivity index (χ4n) is 4.39. The number of benzene rings is 2. The SMILES string of the molecule is Cc1cc(C)cc(C(=O)N2CCC(n3c(C)nc4ccc(C)cc43)CC2)c1. The molecule has 0 saturated carbocycles. The lowest BCUT2D eigenvalue weighted by molar-refractivity contribution is 0.0695. The summed E-state index contributed by atoms with van der Waals surface area (Å²) in [7, 11) is 0. The van der Waals surface area contributed by atoms with E-state index in [4.69, 9.17) is 4.98 Å². The van der Waals surface area contributed by atoms with Gasteiger partial charge in [-0.05, 0) is 70.4 Å². The Balaban J connectivity index is 1.53. The van der Waals surface area contributed by atoms with Crippen LogP contribution in [0.4, 0.5) is 0 Å². The first kappa shape index (κ1) is 17.8. The van der Waals surface area contributed by atoms with Crippen LogP contribution in [0.3, 0.4) is 0 Å². The van der Waals surface area contributed by atoms with Crippen LogP contribution in [0.2, 0.25) is 0 Å². The van der Waals surface area contributed by atoms with Gasteiger partial charge in [-0.25, -0.2) is 4.98 Å². The molecule has 2 aromatic carbocycles. The number of likely N-dealkylation sites (tertiary alicyclic amines) is 1. The number of fused-ring (bicyclic) bond motifs is 1. The summed E-state index contributed by atoms with van der Waals surface area (Å²) < 4.78 is 2.38. The van der Waals surface area contributed by atoms with Crippen LogP contribution in [0.15, 0.2) is 36.4 Å². The average molecular weight is 361 g/mol. The Hall–Kier alpha value is -2.62. The first-order chi connectivity index (χ1) is 12.9. The lowest BCUT2D eigenvalue weighted by Gasteiger charge is -2.33. The minimum absolute atomic E-state index is 0.156. The number of carbonyl (C=O) groups excluding carboxylic acids is 1. The molecule has 1 aliphatic heterocycles. The highest BCUT2D eigenvalue weighted by atomic mass is 16.2. The van der Waals surface area contributed by atoms with E-state index in [1.807, 2.05) is 30.9 Å². The molecule has 0 unspecified atom stereocenters. The van der Waals surface area contributed by atoms with Gasteiger partial charge in [-0.1, -0.05) is 23.3 Å². The van der Waals surface area contributed by atoms with Crippen molar-refractivity contribution in [3.05, 3.63) is 64.5 Å². The third kappa shape index (κ3) is 3.36. The van der Waals surface area contributed by atoms with E-state index in [1.54, 1.807) is 0 Å². The van der Waals surface area contributed by atoms with Crippen LogP contribution in [0, 0.1) is 27.7 Å². The number of hydrogen-bond acceptors (Lipinski definition) is 2. The Bertz CT molecular complexity index is 990. The topological polar surface area (TPSA) is 38.1 Å². The number of imidazole rings is 1. The average Bonchev–Trinajstić information content (AvgIpc) is 2.95. The second kappa shape index (κ2) is 6.84. The molecule has 4 nitrogen and oxygen atoms in total. The summed E-state index contributed by atoms with van der Waals surface area (Å²) in [5.74, 6) is 1.22. The van der Waals surface area contributed by atoms with Crippen molar-refractivity contribution in [1.82, 2.24) is 14.5 Å². The molecule has 0 spiro atoms. The number of piperidine rings is 1. The maximum Gasteiger partial charge on any atom is 0.253 e. The highest BCUT2D eigenvalue weighted by Crippen LogP contribution is 2.29. The zero-order valence-corrected chi connectivity index (χ0v) is 16.6. The molecule has 27 heavy (non-hydrogen) atoms. The van der Waals surface area contributed by atoms with Gasteiger partial charge in [-0.2, -0.15) is 0 Å². The fraction of sp³-hybridized carbons (Fsp3) is 0.391. The smallest absolute Gasteiger partial charge is 0.253 e. The van der Waals surface area contributed by atoms with E-state index in [-0.39, 0.29) is 5.91 Å². The van der Waals surface area contributed by atoms with Gasteiger partial charge in [0.1, 0.15) is 5.82 Å². The zero-order valence-electron chi connectivity index (χ0n) is 16.6. The van der Waals surface area contributed by atoms with Crippen LogP contribution in [-0.2, 0) is 0 Å². The monoisotopic (exact) mass is 361 g/mol. The number of rotatable bonds is 2. The number of nitrogens with zero attached hydrogens (tertiary/aromatic N) is 3. The number of carbonyl (C=O) groups is 1. The fourth-order valence-corrected chi connectivity index (χ4v) is 4.39. The van der Waals surface area contributed by atoms with E-state index in [1.165, 1.54) is 11.1 Å². The first-order valence-corrected chi connectivity index (χ1v) is 9.75. The van der Waals surface area contributed by atoms with Gasteiger partial charge in [-0.3, -0.25) is 4.79 Å². The predicted molar refractivity (Wildman–Crippen MR) is 109 cm³/mol. The molecular weight excluding hydrogens is 334 g/mol. The highest BCUT2D eigenvalue weighted by molar-refractivity contribution is 5.94. The van der Waals surface area contributed by atoms with Crippen LogP contribution < -0.4 is 0 Å². The molecule has 1 aromatic heterocycles. The van der Waals surface area contributed by atoms with Crippen molar-refractivity contribution < 1.29 is 4.79 Å². The summed E-state index contributed by atoms with van der Waals surface area (Å²) in [6, 6.07) is 13.0. The minimum atomic E-state index is 0.156. The molecule has 1 aliphatic rings. The van der Waals surface area contributed by atoms with Crippen molar-refractivity contribution in [3.8, 4) is 0 Å². The predicted octanol–water partition coefficient (Wildman–Crippen LogP) is 4.75. The molecule has 1 amide bonds. The summed E-state index contributed by atoms with van der Waals surface area (Å²) in [4.78, 5) is 19.7. The normalized spacial score (nSPS) is 15.5. The van der Waals surface area contributed by atoms with E-state index in [0.717, 1.165) is 54.0 Å². The van der Waals surface area contributed by atoms with Crippen LogP contribution in [0.25, 0.3) is 11.0 Å². The summed E-state index contributed by atoms with van der Waals surface area (Å²) in [6.45, 7) is 9.89. The lowest BCUT2D eigenvalue weighted by atomic mass is 10.0. The van der Waals surface area contributed by atoms with Gasteiger partial charge in [0.2, 0.25) is 0 Å². The van der Waals surface area contributed by atoms with Gasteiger partial charge in [-0.15, -0.1) is 0 Å². The van der Waals surface area contributed by atoms with Gasteiger partial charge in [0.05, 0.1) is 11.0 Å². The summed E-state index contributed by atoms with van der Waals surface area (Å²) in [6.07, 6.45) is 1.94. The van der Waals surface area contributed by atoms with Crippen LogP contribution in [-0.4, -0.2) is 33.4 Å². The van der Waals surface area contributed by atoms with Crippen molar-refractivity contribution in [1.29, 1.82) is 0 Å². The van der Waals surface area contributed by atoms with Gasteiger partial charge in [0.15, 0.2) is 0 Å². The van der Waals surface area contributed by atoms with Crippen molar-refractivity contribution in [2.24, 2.45) is 0 Å². The van der Waals surface area contributed by atoms with Gasteiger partial charge < -0.3 is 9.47 Å². The Morgan fingerprint density at radius 3 is 2.26 bits per heavy atom. The summed E-state index contributed by atoms with van der Waals surface area (Å²) in [5.41, 5.74) is 6.63. The van der Waals surface area contributed by atoms with Crippen molar-refractivity contribution in [2.45, 2.75) is 46.6 Å². The molecule has 1 saturated heterocycles.